The number of H-pyrrole nitrogens is 2. The smallest absolute Gasteiger partial charge is 0.326 e. The quantitative estimate of drug-likeness (QED) is 0.302. The molecule has 1 aliphatic heterocycles. The Morgan fingerprint density at radius 2 is 2.11 bits per heavy atom. The van der Waals surface area contributed by atoms with E-state index in [9.17, 15) is 4.39 Å². The van der Waals surface area contributed by atoms with E-state index in [2.05, 4.69) is 30.5 Å². The monoisotopic (exact) mass is 496 g/mol. The molecule has 1 unspecified atom stereocenters. The number of ether oxygens (including phenoxy) is 2. The number of aryl methyl sites for hydroxylation is 1. The third-order valence-corrected chi connectivity index (χ3v) is 5.72. The molecule has 1 fully saturated rings. The lowest BCUT2D eigenvalue weighted by atomic mass is 10.2. The second kappa shape index (κ2) is 9.91. The van der Waals surface area contributed by atoms with Crippen LogP contribution in [0.5, 0.6) is 11.8 Å². The van der Waals surface area contributed by atoms with Crippen molar-refractivity contribution in [3.8, 4) is 11.8 Å². The number of nitrogens with one attached hydrogen (secondary N) is 3. The normalized spacial score (nSPS) is 16.2. The number of fused-ring (bicyclic) bond motifs is 1. The number of benzene rings is 1. The van der Waals surface area contributed by atoms with Crippen molar-refractivity contribution < 1.29 is 18.3 Å². The molecule has 36 heavy (non-hydrogen) atoms. The Labute approximate surface area is 205 Å². The molecule has 4 heterocycles. The second-order valence-corrected chi connectivity index (χ2v) is 8.42. The molecular weight excluding hydrogens is 470 g/mol. The molecule has 0 spiro atoms. The summed E-state index contributed by atoms with van der Waals surface area (Å²) in [5.41, 5.74) is 7.30. The number of nitrogens with two attached hydrogens (primary N) is 1. The third kappa shape index (κ3) is 4.86. The van der Waals surface area contributed by atoms with Crippen molar-refractivity contribution in [3.63, 3.8) is 0 Å². The van der Waals surface area contributed by atoms with Crippen LogP contribution in [-0.4, -0.2) is 57.5 Å². The number of aromatic nitrogens is 5. The standard InChI is InChI=1S/C24H26F2N8O2/c1-3-4-14-8-20(33-32-14)29-19-10-21(34-5-6-35-15(11-27)12-34)31-24(30-19)36-18-9-17(25)23-16(22(18)26)7-13(2)28-23/h3-4,7-10,15,28H,5-6,11-12,27H2,1-2H3,(H2,29,30,31,32,33)/b4-3+. The lowest BCUT2D eigenvalue weighted by Gasteiger charge is -2.33. The highest BCUT2D eigenvalue weighted by Gasteiger charge is 2.23. The van der Waals surface area contributed by atoms with Crippen molar-refractivity contribution in [1.29, 1.82) is 0 Å². The van der Waals surface area contributed by atoms with Gasteiger partial charge in [-0.25, -0.2) is 8.78 Å². The Hall–Kier alpha value is -4.03. The molecule has 0 radical (unpaired) electrons. The summed E-state index contributed by atoms with van der Waals surface area (Å²) in [4.78, 5) is 13.6. The minimum atomic E-state index is -0.711. The van der Waals surface area contributed by atoms with Gasteiger partial charge >= 0.3 is 6.01 Å². The second-order valence-electron chi connectivity index (χ2n) is 8.42. The van der Waals surface area contributed by atoms with Crippen LogP contribution in [0, 0.1) is 18.6 Å². The van der Waals surface area contributed by atoms with Crippen LogP contribution in [0.2, 0.25) is 0 Å². The zero-order valence-corrected chi connectivity index (χ0v) is 19.8. The molecule has 10 nitrogen and oxygen atoms in total. The van der Waals surface area contributed by atoms with Crippen LogP contribution in [0.3, 0.4) is 0 Å². The van der Waals surface area contributed by atoms with E-state index in [0.29, 0.717) is 49.4 Å². The van der Waals surface area contributed by atoms with Gasteiger partial charge in [0.2, 0.25) is 0 Å². The van der Waals surface area contributed by atoms with Crippen molar-refractivity contribution in [2.75, 3.05) is 36.5 Å². The molecular formula is C24H26F2N8O2. The number of halogens is 2. The van der Waals surface area contributed by atoms with Crippen LogP contribution in [0.15, 0.2) is 30.3 Å². The maximum atomic E-state index is 15.2. The molecule has 1 aromatic carbocycles. The SMILES string of the molecule is C/C=C/c1cc(Nc2cc(N3CCOC(CN)C3)nc(Oc3cc(F)c4[nH]c(C)cc4c3F)n2)n[nH]1. The van der Waals surface area contributed by atoms with E-state index in [0.717, 1.165) is 11.8 Å². The predicted octanol–water partition coefficient (Wildman–Crippen LogP) is 4.00. The number of nitrogens with zero attached hydrogens (tertiary/aromatic N) is 4. The van der Waals surface area contributed by atoms with Gasteiger partial charge in [0.15, 0.2) is 23.2 Å². The van der Waals surface area contributed by atoms with E-state index >= 15 is 4.39 Å². The maximum Gasteiger partial charge on any atom is 0.326 e. The first kappa shape index (κ1) is 23.7. The highest BCUT2D eigenvalue weighted by molar-refractivity contribution is 5.83. The summed E-state index contributed by atoms with van der Waals surface area (Å²) < 4.78 is 41.2. The summed E-state index contributed by atoms with van der Waals surface area (Å²) in [6, 6.07) is 5.88. The summed E-state index contributed by atoms with van der Waals surface area (Å²) in [6.07, 6.45) is 3.60. The van der Waals surface area contributed by atoms with E-state index in [1.165, 1.54) is 6.07 Å². The molecule has 3 aromatic heterocycles. The molecule has 4 aromatic rings. The summed E-state index contributed by atoms with van der Waals surface area (Å²) in [5, 5.41) is 10.3. The summed E-state index contributed by atoms with van der Waals surface area (Å²) in [5.74, 6) is -0.272. The van der Waals surface area contributed by atoms with Crippen molar-refractivity contribution >= 4 is 34.4 Å². The van der Waals surface area contributed by atoms with Crippen LogP contribution in [0.1, 0.15) is 18.3 Å². The van der Waals surface area contributed by atoms with Crippen LogP contribution in [-0.2, 0) is 4.74 Å². The van der Waals surface area contributed by atoms with Gasteiger partial charge in [-0.2, -0.15) is 15.1 Å². The molecule has 1 saturated heterocycles. The fraction of sp³-hybridized carbons (Fsp3) is 0.292. The van der Waals surface area contributed by atoms with Crippen LogP contribution >= 0.6 is 0 Å². The number of hydrogen-bond donors (Lipinski definition) is 4. The average molecular weight is 497 g/mol. The number of allylic oxidation sites excluding steroid dienone is 1. The van der Waals surface area contributed by atoms with E-state index in [4.69, 9.17) is 15.2 Å². The van der Waals surface area contributed by atoms with Gasteiger partial charge < -0.3 is 30.4 Å². The maximum absolute atomic E-state index is 15.2. The van der Waals surface area contributed by atoms with Crippen molar-refractivity contribution in [2.24, 2.45) is 5.73 Å². The van der Waals surface area contributed by atoms with E-state index in [-0.39, 0.29) is 28.8 Å². The minimum Gasteiger partial charge on any atom is -0.421 e. The van der Waals surface area contributed by atoms with Crippen molar-refractivity contribution in [2.45, 2.75) is 20.0 Å². The molecule has 1 aliphatic rings. The van der Waals surface area contributed by atoms with E-state index in [1.807, 2.05) is 24.0 Å². The fourth-order valence-electron chi connectivity index (χ4n) is 4.06. The zero-order chi connectivity index (χ0) is 25.2. The molecule has 5 N–H and O–H groups in total. The molecule has 12 heteroatoms. The van der Waals surface area contributed by atoms with Gasteiger partial charge in [0.05, 0.1) is 23.9 Å². The fourth-order valence-corrected chi connectivity index (χ4v) is 4.06. The van der Waals surface area contributed by atoms with Gasteiger partial charge in [0, 0.05) is 48.9 Å². The first-order valence-electron chi connectivity index (χ1n) is 11.5. The molecule has 0 aliphatic carbocycles. The van der Waals surface area contributed by atoms with Gasteiger partial charge in [-0.05, 0) is 26.0 Å². The Balaban J connectivity index is 1.51. The molecule has 0 bridgehead atoms. The largest absolute Gasteiger partial charge is 0.421 e. The highest BCUT2D eigenvalue weighted by Crippen LogP contribution is 2.33. The lowest BCUT2D eigenvalue weighted by molar-refractivity contribution is 0.0462. The van der Waals surface area contributed by atoms with Gasteiger partial charge in [0.25, 0.3) is 0 Å². The topological polar surface area (TPSA) is 130 Å². The number of anilines is 3. The van der Waals surface area contributed by atoms with Gasteiger partial charge in [-0.3, -0.25) is 5.10 Å². The highest BCUT2D eigenvalue weighted by atomic mass is 19.1. The summed E-state index contributed by atoms with van der Waals surface area (Å²) >= 11 is 0. The Kier molecular flexibility index (Phi) is 6.53. The molecule has 0 saturated carbocycles. The van der Waals surface area contributed by atoms with Gasteiger partial charge in [-0.1, -0.05) is 6.08 Å². The predicted molar refractivity (Wildman–Crippen MR) is 133 cm³/mol. The van der Waals surface area contributed by atoms with Crippen LogP contribution in [0.4, 0.5) is 26.2 Å². The Morgan fingerprint density at radius 3 is 2.92 bits per heavy atom. The van der Waals surface area contributed by atoms with Crippen molar-refractivity contribution in [1.82, 2.24) is 25.1 Å². The molecule has 0 amide bonds. The van der Waals surface area contributed by atoms with Crippen LogP contribution in [0.25, 0.3) is 17.0 Å². The summed E-state index contributed by atoms with van der Waals surface area (Å²) in [6.45, 7) is 5.53. The van der Waals surface area contributed by atoms with E-state index in [1.54, 1.807) is 19.1 Å². The average Bonchev–Trinajstić information content (AvgIpc) is 3.49. The lowest BCUT2D eigenvalue weighted by Crippen LogP contribution is -2.46. The van der Waals surface area contributed by atoms with Gasteiger partial charge in [0.1, 0.15) is 11.6 Å². The summed E-state index contributed by atoms with van der Waals surface area (Å²) in [7, 11) is 0. The Morgan fingerprint density at radius 1 is 1.25 bits per heavy atom. The molecule has 1 atom stereocenters. The van der Waals surface area contributed by atoms with Gasteiger partial charge in [-0.15, -0.1) is 0 Å². The number of aromatic amines is 2. The minimum absolute atomic E-state index is 0.0750. The van der Waals surface area contributed by atoms with Crippen LogP contribution < -0.4 is 20.7 Å². The Bertz CT molecular complexity index is 1420. The molecule has 5 rings (SSSR count). The third-order valence-electron chi connectivity index (χ3n) is 5.72. The first-order chi connectivity index (χ1) is 17.4. The number of rotatable bonds is 7. The number of hydrogen-bond acceptors (Lipinski definition) is 8. The first-order valence-corrected chi connectivity index (χ1v) is 11.5. The molecule has 188 valence electrons. The number of morpholine rings is 1. The van der Waals surface area contributed by atoms with E-state index < -0.39 is 11.6 Å². The zero-order valence-electron chi connectivity index (χ0n) is 19.8. The van der Waals surface area contributed by atoms with Crippen molar-refractivity contribution in [3.05, 3.63) is 53.4 Å².